The molecule has 1 aliphatic heterocycles. The minimum atomic E-state index is -0.860. The molecule has 4 amide bonds. The van der Waals surface area contributed by atoms with Crippen LogP contribution in [-0.4, -0.2) is 39.6 Å². The number of hydrogen-bond donors (Lipinski definition) is 2. The minimum Gasteiger partial charge on any atom is -0.352 e. The standard InChI is InChI=1S/C26H30N4O4S/c1-15(2)12-22(30-24(33)19-6-4-5-7-20(19)25(30)34)23(32)29-26-28-21(14-35-26)18-10-8-17(9-11-18)13-27-16(3)31/h4-5,8-11,14-15,19-20,22H,6-7,12-13H2,1-3H3,(H,27,31)(H,28,29,32). The van der Waals surface area contributed by atoms with Gasteiger partial charge in [0.25, 0.3) is 0 Å². The maximum Gasteiger partial charge on any atom is 0.249 e. The summed E-state index contributed by atoms with van der Waals surface area (Å²) in [7, 11) is 0. The molecule has 2 aliphatic rings. The molecule has 2 aromatic rings. The number of imide groups is 1. The van der Waals surface area contributed by atoms with Crippen molar-refractivity contribution < 1.29 is 19.2 Å². The van der Waals surface area contributed by atoms with Crippen molar-refractivity contribution in [2.75, 3.05) is 5.32 Å². The zero-order valence-corrected chi connectivity index (χ0v) is 20.9. The van der Waals surface area contributed by atoms with Crippen LogP contribution in [0.15, 0.2) is 41.8 Å². The van der Waals surface area contributed by atoms with Gasteiger partial charge >= 0.3 is 0 Å². The summed E-state index contributed by atoms with van der Waals surface area (Å²) < 4.78 is 0. The van der Waals surface area contributed by atoms with Gasteiger partial charge in [0.2, 0.25) is 23.6 Å². The first-order chi connectivity index (χ1) is 16.7. The number of nitrogens with one attached hydrogen (secondary N) is 2. The van der Waals surface area contributed by atoms with Gasteiger partial charge in [-0.05, 0) is 30.7 Å². The second-order valence-corrected chi connectivity index (χ2v) is 10.3. The van der Waals surface area contributed by atoms with Gasteiger partial charge in [-0.15, -0.1) is 11.3 Å². The van der Waals surface area contributed by atoms with E-state index in [1.807, 2.05) is 55.6 Å². The average molecular weight is 495 g/mol. The predicted octanol–water partition coefficient (Wildman–Crippen LogP) is 3.75. The van der Waals surface area contributed by atoms with Crippen LogP contribution in [0.4, 0.5) is 5.13 Å². The quantitative estimate of drug-likeness (QED) is 0.429. The van der Waals surface area contributed by atoms with Crippen LogP contribution in [0.2, 0.25) is 0 Å². The number of likely N-dealkylation sites (tertiary alicyclic amines) is 1. The van der Waals surface area contributed by atoms with Crippen LogP contribution >= 0.6 is 11.3 Å². The molecule has 184 valence electrons. The Kier molecular flexibility index (Phi) is 7.45. The highest BCUT2D eigenvalue weighted by atomic mass is 32.1. The van der Waals surface area contributed by atoms with Gasteiger partial charge in [-0.2, -0.15) is 0 Å². The van der Waals surface area contributed by atoms with Crippen LogP contribution in [-0.2, 0) is 25.7 Å². The smallest absolute Gasteiger partial charge is 0.249 e. The van der Waals surface area contributed by atoms with Crippen LogP contribution in [0, 0.1) is 17.8 Å². The van der Waals surface area contributed by atoms with Gasteiger partial charge in [-0.1, -0.05) is 50.3 Å². The lowest BCUT2D eigenvalue weighted by atomic mass is 9.85. The summed E-state index contributed by atoms with van der Waals surface area (Å²) in [6, 6.07) is 6.80. The molecule has 0 saturated carbocycles. The Hall–Kier alpha value is -3.33. The number of hydrogen-bond acceptors (Lipinski definition) is 6. The van der Waals surface area contributed by atoms with E-state index in [0.717, 1.165) is 11.1 Å². The predicted molar refractivity (Wildman–Crippen MR) is 134 cm³/mol. The monoisotopic (exact) mass is 494 g/mol. The van der Waals surface area contributed by atoms with Gasteiger partial charge < -0.3 is 10.6 Å². The van der Waals surface area contributed by atoms with Crippen LogP contribution in [0.5, 0.6) is 0 Å². The molecule has 0 spiro atoms. The summed E-state index contributed by atoms with van der Waals surface area (Å²) in [4.78, 5) is 56.3. The molecular formula is C26H30N4O4S. The van der Waals surface area contributed by atoms with Crippen molar-refractivity contribution in [3.63, 3.8) is 0 Å². The molecule has 3 unspecified atom stereocenters. The lowest BCUT2D eigenvalue weighted by Gasteiger charge is -2.27. The van der Waals surface area contributed by atoms with Crippen LogP contribution in [0.25, 0.3) is 11.3 Å². The number of aromatic nitrogens is 1. The molecule has 3 atom stereocenters. The number of benzene rings is 1. The molecule has 0 bridgehead atoms. The van der Waals surface area contributed by atoms with Crippen molar-refractivity contribution in [2.45, 2.75) is 52.6 Å². The fourth-order valence-corrected chi connectivity index (χ4v) is 5.30. The third kappa shape index (κ3) is 5.51. The van der Waals surface area contributed by atoms with E-state index >= 15 is 0 Å². The molecule has 1 aliphatic carbocycles. The zero-order chi connectivity index (χ0) is 25.1. The van der Waals surface area contributed by atoms with Gasteiger partial charge in [0.1, 0.15) is 6.04 Å². The van der Waals surface area contributed by atoms with Crippen molar-refractivity contribution in [3.8, 4) is 11.3 Å². The second kappa shape index (κ2) is 10.5. The maximum absolute atomic E-state index is 13.3. The molecule has 35 heavy (non-hydrogen) atoms. The van der Waals surface area contributed by atoms with E-state index in [9.17, 15) is 19.2 Å². The summed E-state index contributed by atoms with van der Waals surface area (Å²) in [5, 5.41) is 7.87. The Bertz CT molecular complexity index is 1130. The molecule has 8 nitrogen and oxygen atoms in total. The molecule has 1 aromatic heterocycles. The Morgan fingerprint density at radius 3 is 2.29 bits per heavy atom. The van der Waals surface area contributed by atoms with Gasteiger partial charge in [0.05, 0.1) is 17.5 Å². The number of carbonyl (C=O) groups is 4. The minimum absolute atomic E-state index is 0.0857. The first kappa shape index (κ1) is 24.8. The Balaban J connectivity index is 1.47. The van der Waals surface area contributed by atoms with E-state index in [2.05, 4.69) is 15.6 Å². The summed E-state index contributed by atoms with van der Waals surface area (Å²) in [5.74, 6) is -1.58. The van der Waals surface area contributed by atoms with Crippen molar-refractivity contribution >= 4 is 40.1 Å². The largest absolute Gasteiger partial charge is 0.352 e. The highest BCUT2D eigenvalue weighted by Gasteiger charge is 2.51. The number of thiazole rings is 1. The lowest BCUT2D eigenvalue weighted by Crippen LogP contribution is -2.48. The number of carbonyl (C=O) groups excluding carboxylic acids is 4. The van der Waals surface area contributed by atoms with E-state index in [0.29, 0.717) is 36.6 Å². The van der Waals surface area contributed by atoms with Crippen molar-refractivity contribution in [1.29, 1.82) is 0 Å². The lowest BCUT2D eigenvalue weighted by molar-refractivity contribution is -0.147. The summed E-state index contributed by atoms with van der Waals surface area (Å²) in [6.07, 6.45) is 5.36. The first-order valence-electron chi connectivity index (χ1n) is 11.9. The van der Waals surface area contributed by atoms with Crippen molar-refractivity contribution in [1.82, 2.24) is 15.2 Å². The van der Waals surface area contributed by atoms with E-state index in [4.69, 9.17) is 0 Å². The Labute approximate surface area is 208 Å². The molecule has 1 fully saturated rings. The molecule has 2 heterocycles. The van der Waals surface area contributed by atoms with Crippen molar-refractivity contribution in [3.05, 3.63) is 47.4 Å². The number of nitrogens with zero attached hydrogens (tertiary/aromatic N) is 2. The molecule has 1 saturated heterocycles. The topological polar surface area (TPSA) is 108 Å². The van der Waals surface area contributed by atoms with Crippen LogP contribution in [0.1, 0.15) is 45.6 Å². The molecule has 4 rings (SSSR count). The normalized spacial score (nSPS) is 20.2. The average Bonchev–Trinajstić information content (AvgIpc) is 3.39. The summed E-state index contributed by atoms with van der Waals surface area (Å²) in [6.45, 7) is 5.87. The Morgan fingerprint density at radius 1 is 1.09 bits per heavy atom. The molecule has 9 heteroatoms. The first-order valence-corrected chi connectivity index (χ1v) is 12.7. The molecule has 0 radical (unpaired) electrons. The van der Waals surface area contributed by atoms with Gasteiger partial charge in [0.15, 0.2) is 5.13 Å². The van der Waals surface area contributed by atoms with E-state index in [-0.39, 0.29) is 35.5 Å². The van der Waals surface area contributed by atoms with E-state index in [1.165, 1.54) is 23.2 Å². The third-order valence-corrected chi connectivity index (χ3v) is 7.13. The Morgan fingerprint density at radius 2 is 1.71 bits per heavy atom. The number of rotatable bonds is 8. The summed E-state index contributed by atoms with van der Waals surface area (Å²) in [5.41, 5.74) is 2.57. The maximum atomic E-state index is 13.3. The van der Waals surface area contributed by atoms with Crippen molar-refractivity contribution in [2.24, 2.45) is 17.8 Å². The zero-order valence-electron chi connectivity index (χ0n) is 20.1. The van der Waals surface area contributed by atoms with Crippen LogP contribution < -0.4 is 10.6 Å². The summed E-state index contributed by atoms with van der Waals surface area (Å²) >= 11 is 1.29. The molecule has 2 N–H and O–H groups in total. The van der Waals surface area contributed by atoms with Gasteiger partial charge in [-0.3, -0.25) is 24.1 Å². The fourth-order valence-electron chi connectivity index (χ4n) is 4.58. The number of allylic oxidation sites excluding steroid dienone is 2. The van der Waals surface area contributed by atoms with Gasteiger partial charge in [-0.25, -0.2) is 4.98 Å². The fraction of sp³-hybridized carbons (Fsp3) is 0.423. The highest BCUT2D eigenvalue weighted by Crippen LogP contribution is 2.37. The number of amides is 4. The number of anilines is 1. The van der Waals surface area contributed by atoms with E-state index in [1.54, 1.807) is 0 Å². The highest BCUT2D eigenvalue weighted by molar-refractivity contribution is 7.14. The SMILES string of the molecule is CC(=O)NCc1ccc(-c2csc(NC(=O)C(CC(C)C)N3C(=O)C4CC=CCC4C3=O)n2)cc1. The molecule has 1 aromatic carbocycles. The van der Waals surface area contributed by atoms with Crippen LogP contribution in [0.3, 0.4) is 0 Å². The third-order valence-electron chi connectivity index (χ3n) is 6.38. The van der Waals surface area contributed by atoms with Gasteiger partial charge in [0, 0.05) is 24.4 Å². The van der Waals surface area contributed by atoms with E-state index < -0.39 is 11.9 Å². The number of fused-ring (bicyclic) bond motifs is 1. The second-order valence-electron chi connectivity index (χ2n) is 9.48. The molecular weight excluding hydrogens is 464 g/mol.